The summed E-state index contributed by atoms with van der Waals surface area (Å²) >= 11 is 0. The molecular weight excluding hydrogens is 494 g/mol. The maximum atomic E-state index is 14.1. The molecule has 3 N–H and O–H groups in total. The fraction of sp³-hybridized carbons (Fsp3) is 0.452. The number of ether oxygens (including phenoxy) is 1. The zero-order valence-corrected chi connectivity index (χ0v) is 24.0. The molecule has 3 atom stereocenters. The second-order valence-electron chi connectivity index (χ2n) is 10.7. The first-order chi connectivity index (χ1) is 18.4. The zero-order chi connectivity index (χ0) is 29.2. The summed E-state index contributed by atoms with van der Waals surface area (Å²) in [5.41, 5.74) is 1.43. The smallest absolute Gasteiger partial charge is 0.408 e. The molecule has 0 saturated heterocycles. The Balaban J connectivity index is 2.51. The molecule has 8 heteroatoms. The molecule has 0 bridgehead atoms. The summed E-state index contributed by atoms with van der Waals surface area (Å²) in [4.78, 5) is 42.1. The van der Waals surface area contributed by atoms with Crippen LogP contribution in [0.1, 0.15) is 77.1 Å². The van der Waals surface area contributed by atoms with E-state index in [9.17, 15) is 19.5 Å². The fourth-order valence-corrected chi connectivity index (χ4v) is 4.34. The van der Waals surface area contributed by atoms with Gasteiger partial charge in [0.25, 0.3) is 0 Å². The highest BCUT2D eigenvalue weighted by Gasteiger charge is 2.36. The number of amides is 3. The van der Waals surface area contributed by atoms with Crippen molar-refractivity contribution < 1.29 is 24.2 Å². The molecule has 39 heavy (non-hydrogen) atoms. The van der Waals surface area contributed by atoms with Crippen LogP contribution in [0, 0.1) is 0 Å². The summed E-state index contributed by atoms with van der Waals surface area (Å²) < 4.78 is 5.44. The van der Waals surface area contributed by atoms with Crippen LogP contribution >= 0.6 is 0 Å². The van der Waals surface area contributed by atoms with Crippen LogP contribution in [0.4, 0.5) is 4.79 Å². The van der Waals surface area contributed by atoms with Gasteiger partial charge in [0.2, 0.25) is 11.8 Å². The van der Waals surface area contributed by atoms with Crippen molar-refractivity contribution in [3.05, 3.63) is 71.8 Å². The average Bonchev–Trinajstić information content (AvgIpc) is 2.86. The van der Waals surface area contributed by atoms with Crippen molar-refractivity contribution in [1.29, 1.82) is 0 Å². The Kier molecular flexibility index (Phi) is 11.6. The van der Waals surface area contributed by atoms with Gasteiger partial charge in [-0.1, -0.05) is 56.3 Å². The van der Waals surface area contributed by atoms with Gasteiger partial charge < -0.3 is 25.4 Å². The maximum Gasteiger partial charge on any atom is 0.408 e. The second-order valence-corrected chi connectivity index (χ2v) is 10.7. The summed E-state index contributed by atoms with van der Waals surface area (Å²) in [6.07, 6.45) is 2.80. The predicted octanol–water partition coefficient (Wildman–Crippen LogP) is 5.37. The molecule has 2 rings (SSSR count). The molecular formula is C31H43N3O5. The minimum atomic E-state index is -1.02. The van der Waals surface area contributed by atoms with E-state index in [0.29, 0.717) is 5.56 Å². The molecule has 3 amide bonds. The van der Waals surface area contributed by atoms with Crippen LogP contribution in [0.25, 0.3) is 6.08 Å². The first-order valence-corrected chi connectivity index (χ1v) is 13.5. The number of phenols is 1. The highest BCUT2D eigenvalue weighted by atomic mass is 16.6. The van der Waals surface area contributed by atoms with Gasteiger partial charge in [0.15, 0.2) is 0 Å². The lowest BCUT2D eigenvalue weighted by molar-refractivity contribution is -0.142. The first kappa shape index (κ1) is 31.4. The highest BCUT2D eigenvalue weighted by Crippen LogP contribution is 2.25. The minimum Gasteiger partial charge on any atom is -0.508 e. The topological polar surface area (TPSA) is 108 Å². The number of hydrogen-bond acceptors (Lipinski definition) is 5. The molecule has 3 unspecified atom stereocenters. The molecule has 2 aromatic rings. The fourth-order valence-electron chi connectivity index (χ4n) is 4.34. The summed E-state index contributed by atoms with van der Waals surface area (Å²) in [5.74, 6) is -0.631. The third kappa shape index (κ3) is 9.78. The van der Waals surface area contributed by atoms with E-state index < -0.39 is 29.7 Å². The summed E-state index contributed by atoms with van der Waals surface area (Å²) in [5, 5.41) is 15.5. The van der Waals surface area contributed by atoms with Gasteiger partial charge in [-0.25, -0.2) is 4.79 Å². The first-order valence-electron chi connectivity index (χ1n) is 13.5. The van der Waals surface area contributed by atoms with Crippen LogP contribution in [0.3, 0.4) is 0 Å². The van der Waals surface area contributed by atoms with Crippen molar-refractivity contribution >= 4 is 24.0 Å². The van der Waals surface area contributed by atoms with Crippen LogP contribution in [0.15, 0.2) is 55.1 Å². The van der Waals surface area contributed by atoms with E-state index in [1.807, 2.05) is 38.1 Å². The van der Waals surface area contributed by atoms with Gasteiger partial charge in [-0.05, 0) is 75.9 Å². The highest BCUT2D eigenvalue weighted by molar-refractivity contribution is 5.92. The van der Waals surface area contributed by atoms with Gasteiger partial charge in [-0.3, -0.25) is 9.59 Å². The SMILES string of the molecule is C=Cc1cccc(C(C(=O)NC(C)CCC)N(CC)C(=O)C(Cc2ccc(O)cc2)NC(=O)OC(C)(C)C)c1. The number of benzene rings is 2. The van der Waals surface area contributed by atoms with Gasteiger partial charge in [-0.15, -0.1) is 0 Å². The van der Waals surface area contributed by atoms with E-state index in [4.69, 9.17) is 4.74 Å². The lowest BCUT2D eigenvalue weighted by Crippen LogP contribution is -2.54. The standard InChI is InChI=1S/C31H43N3O5/c1-8-12-21(4)32-28(36)27(24-14-11-13-22(9-2)19-24)34(10-3)29(37)26(33-30(38)39-31(5,6)7)20-23-15-17-25(35)18-16-23/h9,11,13-19,21,26-27,35H,2,8,10,12,20H2,1,3-7H3,(H,32,36)(H,33,38). The van der Waals surface area contributed by atoms with E-state index in [2.05, 4.69) is 17.2 Å². The van der Waals surface area contributed by atoms with Gasteiger partial charge in [0, 0.05) is 19.0 Å². The van der Waals surface area contributed by atoms with Crippen molar-refractivity contribution in [3.63, 3.8) is 0 Å². The van der Waals surface area contributed by atoms with E-state index in [1.165, 1.54) is 17.0 Å². The third-order valence-corrected chi connectivity index (χ3v) is 6.12. The summed E-state index contributed by atoms with van der Waals surface area (Å²) in [7, 11) is 0. The second kappa shape index (κ2) is 14.4. The Hall–Kier alpha value is -3.81. The van der Waals surface area contributed by atoms with E-state index in [-0.39, 0.29) is 30.7 Å². The molecule has 0 aliphatic heterocycles. The Morgan fingerprint density at radius 2 is 1.74 bits per heavy atom. The number of carbonyl (C=O) groups is 3. The molecule has 8 nitrogen and oxygen atoms in total. The van der Waals surface area contributed by atoms with Crippen LogP contribution in [-0.2, 0) is 20.7 Å². The summed E-state index contributed by atoms with van der Waals surface area (Å²) in [6.45, 7) is 15.1. The van der Waals surface area contributed by atoms with Crippen molar-refractivity contribution in [2.24, 2.45) is 0 Å². The Morgan fingerprint density at radius 3 is 2.31 bits per heavy atom. The molecule has 2 aromatic carbocycles. The Morgan fingerprint density at radius 1 is 1.08 bits per heavy atom. The Labute approximate surface area is 232 Å². The molecule has 0 radical (unpaired) electrons. The van der Waals surface area contributed by atoms with Crippen molar-refractivity contribution in [1.82, 2.24) is 15.5 Å². The van der Waals surface area contributed by atoms with Crippen LogP contribution in [0.5, 0.6) is 5.75 Å². The Bertz CT molecular complexity index is 1120. The van der Waals surface area contributed by atoms with E-state index in [1.54, 1.807) is 45.9 Å². The molecule has 0 fully saturated rings. The van der Waals surface area contributed by atoms with E-state index >= 15 is 0 Å². The normalized spacial score (nSPS) is 13.5. The van der Waals surface area contributed by atoms with Crippen molar-refractivity contribution in [3.8, 4) is 5.75 Å². The van der Waals surface area contributed by atoms with Gasteiger partial charge >= 0.3 is 6.09 Å². The zero-order valence-electron chi connectivity index (χ0n) is 24.0. The number of hydrogen-bond donors (Lipinski definition) is 3. The number of rotatable bonds is 12. The number of carbonyl (C=O) groups excluding carboxylic acids is 3. The number of nitrogens with one attached hydrogen (secondary N) is 2. The monoisotopic (exact) mass is 537 g/mol. The van der Waals surface area contributed by atoms with Gasteiger partial charge in [0.05, 0.1) is 0 Å². The predicted molar refractivity (Wildman–Crippen MR) is 154 cm³/mol. The third-order valence-electron chi connectivity index (χ3n) is 6.12. The van der Waals surface area contributed by atoms with Crippen molar-refractivity contribution in [2.45, 2.75) is 84.5 Å². The van der Waals surface area contributed by atoms with Crippen LogP contribution in [-0.4, -0.2) is 52.1 Å². The van der Waals surface area contributed by atoms with Gasteiger partial charge in [0.1, 0.15) is 23.4 Å². The van der Waals surface area contributed by atoms with Crippen LogP contribution < -0.4 is 10.6 Å². The number of likely N-dealkylation sites (N-methyl/N-ethyl adjacent to an activating group) is 1. The van der Waals surface area contributed by atoms with E-state index in [0.717, 1.165) is 24.0 Å². The minimum absolute atomic E-state index is 0.0749. The largest absolute Gasteiger partial charge is 0.508 e. The molecule has 0 aliphatic rings. The van der Waals surface area contributed by atoms with Crippen molar-refractivity contribution in [2.75, 3.05) is 6.54 Å². The van der Waals surface area contributed by atoms with Gasteiger partial charge in [-0.2, -0.15) is 0 Å². The quantitative estimate of drug-likeness (QED) is 0.338. The molecule has 0 aromatic heterocycles. The lowest BCUT2D eigenvalue weighted by atomic mass is 9.98. The van der Waals surface area contributed by atoms with Crippen LogP contribution in [0.2, 0.25) is 0 Å². The number of aromatic hydroxyl groups is 1. The lowest BCUT2D eigenvalue weighted by Gasteiger charge is -2.34. The summed E-state index contributed by atoms with van der Waals surface area (Å²) in [6, 6.07) is 11.8. The molecule has 0 aliphatic carbocycles. The number of alkyl carbamates (subject to hydrolysis) is 1. The maximum absolute atomic E-state index is 14.1. The average molecular weight is 538 g/mol. The molecule has 0 spiro atoms. The molecule has 0 heterocycles. The molecule has 212 valence electrons. The number of phenolic OH excluding ortho intramolecular Hbond substituents is 1. The number of nitrogens with zero attached hydrogens (tertiary/aromatic N) is 1. The molecule has 0 saturated carbocycles.